The molecule has 0 aliphatic rings. The molecule has 3 aromatic rings. The molecule has 0 radical (unpaired) electrons. The van der Waals surface area contributed by atoms with Crippen LogP contribution >= 0.6 is 0 Å². The fraction of sp³-hybridized carbons (Fsp3) is 0.333. The first-order valence-corrected chi connectivity index (χ1v) is 12.6. The van der Waals surface area contributed by atoms with Gasteiger partial charge in [0.05, 0.1) is 20.6 Å². The fourth-order valence-electron chi connectivity index (χ4n) is 4.11. The number of nitrogens with zero attached hydrogens (tertiary/aromatic N) is 1. The second kappa shape index (κ2) is 14.7. The van der Waals surface area contributed by atoms with Crippen molar-refractivity contribution in [1.82, 2.24) is 10.2 Å². The molecule has 0 aromatic heterocycles. The molecule has 0 spiro atoms. The SMILES string of the molecule is CCOCCCNC(=O)[C@H](c1ccccc1)N(Cc1ccc(F)cc1)C(=O)Cc1ccc(OC)c(OC)c1. The Morgan fingerprint density at radius 2 is 1.61 bits per heavy atom. The summed E-state index contributed by atoms with van der Waals surface area (Å²) in [5.74, 6) is 0.133. The maximum atomic E-state index is 13.9. The van der Waals surface area contributed by atoms with E-state index in [9.17, 15) is 14.0 Å². The zero-order valence-corrected chi connectivity index (χ0v) is 22.1. The predicted molar refractivity (Wildman–Crippen MR) is 144 cm³/mol. The molecule has 8 heteroatoms. The highest BCUT2D eigenvalue weighted by molar-refractivity contribution is 5.89. The molecule has 202 valence electrons. The Balaban J connectivity index is 1.94. The van der Waals surface area contributed by atoms with E-state index in [1.165, 1.54) is 24.1 Å². The van der Waals surface area contributed by atoms with Crippen LogP contribution in [0.2, 0.25) is 0 Å². The first kappa shape index (κ1) is 28.7. The Hall–Kier alpha value is -3.91. The van der Waals surface area contributed by atoms with Crippen molar-refractivity contribution in [2.24, 2.45) is 0 Å². The van der Waals surface area contributed by atoms with E-state index in [0.29, 0.717) is 54.4 Å². The molecule has 0 aliphatic heterocycles. The van der Waals surface area contributed by atoms with Gasteiger partial charge in [-0.3, -0.25) is 9.59 Å². The summed E-state index contributed by atoms with van der Waals surface area (Å²) in [7, 11) is 3.08. The number of ether oxygens (including phenoxy) is 3. The van der Waals surface area contributed by atoms with Gasteiger partial charge < -0.3 is 24.4 Å². The molecule has 38 heavy (non-hydrogen) atoms. The monoisotopic (exact) mass is 522 g/mol. The van der Waals surface area contributed by atoms with Gasteiger partial charge in [-0.2, -0.15) is 0 Å². The lowest BCUT2D eigenvalue weighted by molar-refractivity contribution is -0.141. The van der Waals surface area contributed by atoms with Crippen LogP contribution in [0.15, 0.2) is 72.8 Å². The van der Waals surface area contributed by atoms with Crippen molar-refractivity contribution < 1.29 is 28.2 Å². The minimum absolute atomic E-state index is 0.0303. The lowest BCUT2D eigenvalue weighted by atomic mass is 10.0. The summed E-state index contributed by atoms with van der Waals surface area (Å²) in [5, 5.41) is 2.96. The Morgan fingerprint density at radius 1 is 0.921 bits per heavy atom. The minimum Gasteiger partial charge on any atom is -0.493 e. The molecule has 0 unspecified atom stereocenters. The second-order valence-corrected chi connectivity index (χ2v) is 8.67. The summed E-state index contributed by atoms with van der Waals surface area (Å²) in [6.07, 6.45) is 0.682. The molecule has 1 atom stereocenters. The third-order valence-corrected chi connectivity index (χ3v) is 6.03. The number of amides is 2. The van der Waals surface area contributed by atoms with Gasteiger partial charge in [-0.15, -0.1) is 0 Å². The van der Waals surface area contributed by atoms with Crippen LogP contribution in [0.1, 0.15) is 36.1 Å². The summed E-state index contributed by atoms with van der Waals surface area (Å²) in [4.78, 5) is 29.0. The number of rotatable bonds is 14. The lowest BCUT2D eigenvalue weighted by Gasteiger charge is -2.32. The highest BCUT2D eigenvalue weighted by Gasteiger charge is 2.31. The number of carbonyl (C=O) groups excluding carboxylic acids is 2. The van der Waals surface area contributed by atoms with E-state index in [1.54, 1.807) is 37.4 Å². The van der Waals surface area contributed by atoms with Crippen molar-refractivity contribution in [1.29, 1.82) is 0 Å². The second-order valence-electron chi connectivity index (χ2n) is 8.67. The van der Waals surface area contributed by atoms with Gasteiger partial charge in [-0.05, 0) is 54.3 Å². The number of methoxy groups -OCH3 is 2. The molecule has 0 heterocycles. The van der Waals surface area contributed by atoms with Crippen LogP contribution in [0, 0.1) is 5.82 Å². The quantitative estimate of drug-likeness (QED) is 0.311. The lowest BCUT2D eigenvalue weighted by Crippen LogP contribution is -2.44. The molecule has 7 nitrogen and oxygen atoms in total. The summed E-state index contributed by atoms with van der Waals surface area (Å²) < 4.78 is 29.7. The molecule has 0 fully saturated rings. The standard InChI is InChI=1S/C30H35FN2O5/c1-4-38-18-8-17-32-30(35)29(24-9-6-5-7-10-24)33(21-22-11-14-25(31)15-12-22)28(34)20-23-13-16-26(36-2)27(19-23)37-3/h5-7,9-16,19,29H,4,8,17-18,20-21H2,1-3H3,(H,32,35)/t29-/m0/s1. The highest BCUT2D eigenvalue weighted by Crippen LogP contribution is 2.29. The summed E-state index contributed by atoms with van der Waals surface area (Å²) in [5.41, 5.74) is 2.09. The minimum atomic E-state index is -0.888. The third kappa shape index (κ3) is 8.05. The van der Waals surface area contributed by atoms with Crippen molar-refractivity contribution in [2.75, 3.05) is 34.0 Å². The van der Waals surface area contributed by atoms with E-state index < -0.39 is 6.04 Å². The Labute approximate surface area is 223 Å². The van der Waals surface area contributed by atoms with E-state index in [4.69, 9.17) is 14.2 Å². The van der Waals surface area contributed by atoms with E-state index in [0.717, 1.165) is 0 Å². The molecule has 3 aromatic carbocycles. The van der Waals surface area contributed by atoms with Crippen LogP contribution in [-0.4, -0.2) is 50.7 Å². The van der Waals surface area contributed by atoms with E-state index in [1.807, 2.05) is 37.3 Å². The normalized spacial score (nSPS) is 11.5. The van der Waals surface area contributed by atoms with Crippen LogP contribution in [0.5, 0.6) is 11.5 Å². The number of hydrogen-bond donors (Lipinski definition) is 1. The molecule has 2 amide bonds. The number of nitrogens with one attached hydrogen (secondary N) is 1. The smallest absolute Gasteiger partial charge is 0.247 e. The maximum Gasteiger partial charge on any atom is 0.247 e. The number of halogens is 1. The zero-order chi connectivity index (χ0) is 27.3. The Morgan fingerprint density at radius 3 is 2.26 bits per heavy atom. The van der Waals surface area contributed by atoms with Gasteiger partial charge in [0.15, 0.2) is 11.5 Å². The summed E-state index contributed by atoms with van der Waals surface area (Å²) in [6.45, 7) is 3.59. The van der Waals surface area contributed by atoms with E-state index in [2.05, 4.69) is 5.32 Å². The van der Waals surface area contributed by atoms with Gasteiger partial charge in [-0.1, -0.05) is 48.5 Å². The summed E-state index contributed by atoms with van der Waals surface area (Å²) in [6, 6.07) is 19.5. The van der Waals surface area contributed by atoms with Crippen LogP contribution in [0.25, 0.3) is 0 Å². The first-order chi connectivity index (χ1) is 18.5. The van der Waals surface area contributed by atoms with Crippen molar-refractivity contribution in [3.63, 3.8) is 0 Å². The topological polar surface area (TPSA) is 77.1 Å². The summed E-state index contributed by atoms with van der Waals surface area (Å²) >= 11 is 0. The molecule has 0 saturated carbocycles. The van der Waals surface area contributed by atoms with E-state index >= 15 is 0 Å². The molecule has 1 N–H and O–H groups in total. The van der Waals surface area contributed by atoms with Crippen molar-refractivity contribution in [3.05, 3.63) is 95.3 Å². The Kier molecular flexibility index (Phi) is 11.1. The van der Waals surface area contributed by atoms with Gasteiger partial charge in [0, 0.05) is 26.3 Å². The number of carbonyl (C=O) groups is 2. The Bertz CT molecular complexity index is 1170. The average molecular weight is 523 g/mol. The van der Waals surface area contributed by atoms with Crippen LogP contribution in [-0.2, 0) is 27.3 Å². The third-order valence-electron chi connectivity index (χ3n) is 6.03. The largest absolute Gasteiger partial charge is 0.493 e. The van der Waals surface area contributed by atoms with Gasteiger partial charge in [0.25, 0.3) is 0 Å². The fourth-order valence-corrected chi connectivity index (χ4v) is 4.11. The van der Waals surface area contributed by atoms with Crippen molar-refractivity contribution >= 4 is 11.8 Å². The zero-order valence-electron chi connectivity index (χ0n) is 22.1. The van der Waals surface area contributed by atoms with Crippen LogP contribution in [0.4, 0.5) is 4.39 Å². The van der Waals surface area contributed by atoms with Gasteiger partial charge in [-0.25, -0.2) is 4.39 Å². The highest BCUT2D eigenvalue weighted by atomic mass is 19.1. The molecule has 0 saturated heterocycles. The van der Waals surface area contributed by atoms with Gasteiger partial charge in [0.2, 0.25) is 11.8 Å². The maximum absolute atomic E-state index is 13.9. The average Bonchev–Trinajstić information content (AvgIpc) is 2.94. The molecular weight excluding hydrogens is 487 g/mol. The molecule has 0 aliphatic carbocycles. The van der Waals surface area contributed by atoms with Crippen LogP contribution < -0.4 is 14.8 Å². The van der Waals surface area contributed by atoms with Gasteiger partial charge in [0.1, 0.15) is 11.9 Å². The first-order valence-electron chi connectivity index (χ1n) is 12.6. The predicted octanol–water partition coefficient (Wildman–Crippen LogP) is 4.70. The number of hydrogen-bond acceptors (Lipinski definition) is 5. The van der Waals surface area contributed by atoms with Crippen molar-refractivity contribution in [3.8, 4) is 11.5 Å². The van der Waals surface area contributed by atoms with Crippen LogP contribution in [0.3, 0.4) is 0 Å². The van der Waals surface area contributed by atoms with Crippen molar-refractivity contribution in [2.45, 2.75) is 32.4 Å². The van der Waals surface area contributed by atoms with E-state index in [-0.39, 0.29) is 30.6 Å². The molecule has 0 bridgehead atoms. The van der Waals surface area contributed by atoms with Gasteiger partial charge >= 0.3 is 0 Å². The number of benzene rings is 3. The molecular formula is C30H35FN2O5. The molecule has 3 rings (SSSR count).